The molecule has 5 heteroatoms. The fourth-order valence-electron chi connectivity index (χ4n) is 1.54. The highest BCUT2D eigenvalue weighted by Gasteiger charge is 2.19. The van der Waals surface area contributed by atoms with Gasteiger partial charge in [-0.1, -0.05) is 13.8 Å². The summed E-state index contributed by atoms with van der Waals surface area (Å²) in [6, 6.07) is 0. The molecule has 0 fully saturated rings. The normalized spacial score (nSPS) is 12.2. The van der Waals surface area contributed by atoms with Crippen LogP contribution in [0.15, 0.2) is 12.4 Å². The summed E-state index contributed by atoms with van der Waals surface area (Å²) in [7, 11) is 1.32. The maximum atomic E-state index is 11.8. The number of hydrogen-bond donors (Lipinski definition) is 0. The summed E-state index contributed by atoms with van der Waals surface area (Å²) in [5.41, 5.74) is 0.550. The summed E-state index contributed by atoms with van der Waals surface area (Å²) < 4.78 is 6.31. The fraction of sp³-hybridized carbons (Fsp3) is 0.583. The zero-order chi connectivity index (χ0) is 12.8. The van der Waals surface area contributed by atoms with Crippen molar-refractivity contribution in [2.75, 3.05) is 7.11 Å². The molecule has 1 atom stereocenters. The molecule has 0 aliphatic carbocycles. The highest BCUT2D eigenvalue weighted by molar-refractivity contribution is 5.97. The quantitative estimate of drug-likeness (QED) is 0.558. The Labute approximate surface area is 101 Å². The minimum Gasteiger partial charge on any atom is -0.469 e. The molecule has 94 valence electrons. The predicted octanol–water partition coefficient (Wildman–Crippen LogP) is 1.68. The lowest BCUT2D eigenvalue weighted by molar-refractivity contribution is -0.144. The van der Waals surface area contributed by atoms with Gasteiger partial charge in [0, 0.05) is 19.2 Å². The van der Waals surface area contributed by atoms with Crippen LogP contribution < -0.4 is 0 Å². The number of hydrogen-bond acceptors (Lipinski definition) is 4. The van der Waals surface area contributed by atoms with Gasteiger partial charge in [-0.3, -0.25) is 14.3 Å². The number of nitrogens with zero attached hydrogens (tertiary/aromatic N) is 2. The van der Waals surface area contributed by atoms with E-state index in [0.29, 0.717) is 5.56 Å². The van der Waals surface area contributed by atoms with Crippen LogP contribution >= 0.6 is 0 Å². The van der Waals surface area contributed by atoms with Crippen molar-refractivity contribution in [3.63, 3.8) is 0 Å². The van der Waals surface area contributed by atoms with E-state index < -0.39 is 5.92 Å². The maximum absolute atomic E-state index is 11.8. The summed E-state index contributed by atoms with van der Waals surface area (Å²) in [6.45, 7) is 4.52. The molecule has 0 saturated carbocycles. The number of Topliss-reactive ketones (excluding diaryl/α,β-unsaturated/α-hetero) is 1. The molecule has 17 heavy (non-hydrogen) atoms. The third-order valence-corrected chi connectivity index (χ3v) is 2.50. The van der Waals surface area contributed by atoms with Crippen molar-refractivity contribution in [3.8, 4) is 0 Å². The first-order valence-corrected chi connectivity index (χ1v) is 5.72. The molecule has 0 amide bonds. The predicted molar refractivity (Wildman–Crippen MR) is 62.6 cm³/mol. The van der Waals surface area contributed by atoms with Gasteiger partial charge in [0.15, 0.2) is 5.78 Å². The molecule has 1 aromatic rings. The second-order valence-corrected chi connectivity index (χ2v) is 4.04. The van der Waals surface area contributed by atoms with Crippen molar-refractivity contribution in [2.45, 2.75) is 33.2 Å². The summed E-state index contributed by atoms with van der Waals surface area (Å²) in [6.07, 6.45) is 4.39. The minimum absolute atomic E-state index is 0.0785. The molecule has 0 saturated heterocycles. The summed E-state index contributed by atoms with van der Waals surface area (Å²) in [5, 5.41) is 4.08. The highest BCUT2D eigenvalue weighted by Crippen LogP contribution is 2.10. The molecule has 0 bridgehead atoms. The van der Waals surface area contributed by atoms with Gasteiger partial charge in [-0.05, 0) is 6.42 Å². The molecule has 1 heterocycles. The Kier molecular flexibility index (Phi) is 4.87. The third kappa shape index (κ3) is 3.69. The fourth-order valence-corrected chi connectivity index (χ4v) is 1.54. The molecule has 1 rings (SSSR count). The van der Waals surface area contributed by atoms with Gasteiger partial charge in [0.25, 0.3) is 0 Å². The number of rotatable bonds is 6. The van der Waals surface area contributed by atoms with Crippen molar-refractivity contribution in [3.05, 3.63) is 18.0 Å². The average Bonchev–Trinajstić information content (AvgIpc) is 2.77. The SMILES string of the molecule is CCCn1cc(C(=O)CC(C)C(=O)OC)cn1. The second-order valence-electron chi connectivity index (χ2n) is 4.04. The van der Waals surface area contributed by atoms with Gasteiger partial charge >= 0.3 is 5.97 Å². The van der Waals surface area contributed by atoms with Crippen molar-refractivity contribution >= 4 is 11.8 Å². The van der Waals surface area contributed by atoms with E-state index in [1.807, 2.05) is 6.92 Å². The van der Waals surface area contributed by atoms with E-state index in [1.165, 1.54) is 7.11 Å². The van der Waals surface area contributed by atoms with Crippen molar-refractivity contribution in [1.82, 2.24) is 9.78 Å². The Balaban J connectivity index is 2.60. The van der Waals surface area contributed by atoms with E-state index in [9.17, 15) is 9.59 Å². The number of aryl methyl sites for hydroxylation is 1. The second kappa shape index (κ2) is 6.18. The maximum Gasteiger partial charge on any atom is 0.308 e. The molecule has 0 aliphatic rings. The van der Waals surface area contributed by atoms with Gasteiger partial charge in [-0.2, -0.15) is 5.10 Å². The number of aromatic nitrogens is 2. The number of esters is 1. The number of ketones is 1. The zero-order valence-electron chi connectivity index (χ0n) is 10.5. The minimum atomic E-state index is -0.415. The first kappa shape index (κ1) is 13.4. The molecule has 0 spiro atoms. The Bertz CT molecular complexity index is 398. The molecule has 5 nitrogen and oxygen atoms in total. The number of ether oxygens (including phenoxy) is 1. The third-order valence-electron chi connectivity index (χ3n) is 2.50. The number of carbonyl (C=O) groups excluding carboxylic acids is 2. The van der Waals surface area contributed by atoms with Gasteiger partial charge in [0.2, 0.25) is 0 Å². The van der Waals surface area contributed by atoms with E-state index in [4.69, 9.17) is 0 Å². The molecule has 1 aromatic heterocycles. The van der Waals surface area contributed by atoms with Gasteiger partial charge in [-0.15, -0.1) is 0 Å². The topological polar surface area (TPSA) is 61.2 Å². The standard InChI is InChI=1S/C12H18N2O3/c1-4-5-14-8-10(7-13-14)11(15)6-9(2)12(16)17-3/h7-9H,4-6H2,1-3H3. The van der Waals surface area contributed by atoms with Crippen molar-refractivity contribution < 1.29 is 14.3 Å². The average molecular weight is 238 g/mol. The number of methoxy groups -OCH3 is 1. The molecule has 0 N–H and O–H groups in total. The van der Waals surface area contributed by atoms with Crippen molar-refractivity contribution in [1.29, 1.82) is 0 Å². The van der Waals surface area contributed by atoms with Crippen LogP contribution in [0.2, 0.25) is 0 Å². The lowest BCUT2D eigenvalue weighted by Gasteiger charge is -2.06. The van der Waals surface area contributed by atoms with Crippen LogP contribution in [0.3, 0.4) is 0 Å². The first-order chi connectivity index (χ1) is 8.08. The van der Waals surface area contributed by atoms with Crippen LogP contribution in [0.1, 0.15) is 37.0 Å². The van der Waals surface area contributed by atoms with Crippen LogP contribution in [0.25, 0.3) is 0 Å². The molecule has 0 aromatic carbocycles. The summed E-state index contributed by atoms with van der Waals surface area (Å²) >= 11 is 0. The Morgan fingerprint density at radius 2 is 2.24 bits per heavy atom. The van der Waals surface area contributed by atoms with E-state index in [0.717, 1.165) is 13.0 Å². The summed E-state index contributed by atoms with van der Waals surface area (Å²) in [5.74, 6) is -0.855. The van der Waals surface area contributed by atoms with E-state index >= 15 is 0 Å². The lowest BCUT2D eigenvalue weighted by atomic mass is 10.0. The Morgan fingerprint density at radius 1 is 1.53 bits per heavy atom. The van der Waals surface area contributed by atoms with Gasteiger partial charge < -0.3 is 4.74 Å². The molecule has 0 aliphatic heterocycles. The van der Waals surface area contributed by atoms with E-state index in [-0.39, 0.29) is 18.2 Å². The lowest BCUT2D eigenvalue weighted by Crippen LogP contribution is -2.16. The van der Waals surface area contributed by atoms with Crippen LogP contribution in [0.4, 0.5) is 0 Å². The van der Waals surface area contributed by atoms with Crippen LogP contribution in [0, 0.1) is 5.92 Å². The number of carbonyl (C=O) groups is 2. The van der Waals surface area contributed by atoms with Crippen molar-refractivity contribution in [2.24, 2.45) is 5.92 Å². The van der Waals surface area contributed by atoms with Gasteiger partial charge in [0.1, 0.15) is 0 Å². The molecule has 1 unspecified atom stereocenters. The molecular weight excluding hydrogens is 220 g/mol. The van der Waals surface area contributed by atoms with E-state index in [2.05, 4.69) is 9.84 Å². The van der Waals surface area contributed by atoms with E-state index in [1.54, 1.807) is 24.0 Å². The smallest absolute Gasteiger partial charge is 0.308 e. The first-order valence-electron chi connectivity index (χ1n) is 5.72. The zero-order valence-corrected chi connectivity index (χ0v) is 10.5. The highest BCUT2D eigenvalue weighted by atomic mass is 16.5. The van der Waals surface area contributed by atoms with Crippen LogP contribution in [-0.2, 0) is 16.1 Å². The van der Waals surface area contributed by atoms with Crippen LogP contribution in [0.5, 0.6) is 0 Å². The molecular formula is C12H18N2O3. The summed E-state index contributed by atoms with van der Waals surface area (Å²) in [4.78, 5) is 23.0. The molecule has 0 radical (unpaired) electrons. The van der Waals surface area contributed by atoms with Gasteiger partial charge in [-0.25, -0.2) is 0 Å². The Morgan fingerprint density at radius 3 is 2.82 bits per heavy atom. The largest absolute Gasteiger partial charge is 0.469 e. The van der Waals surface area contributed by atoms with Crippen LogP contribution in [-0.4, -0.2) is 28.6 Å². The van der Waals surface area contributed by atoms with Gasteiger partial charge in [0.05, 0.1) is 24.8 Å². The monoisotopic (exact) mass is 238 g/mol. The Hall–Kier alpha value is -1.65.